The molecule has 1 aliphatic rings. The normalized spacial score (nSPS) is 28.9. The largest absolute Gasteiger partial charge is 0.371 e. The van der Waals surface area contributed by atoms with E-state index in [4.69, 9.17) is 4.74 Å². The second-order valence-electron chi connectivity index (χ2n) is 1.58. The van der Waals surface area contributed by atoms with Crippen molar-refractivity contribution in [1.29, 1.82) is 0 Å². The van der Waals surface area contributed by atoms with Gasteiger partial charge in [0.1, 0.15) is 6.10 Å². The molecule has 1 aliphatic heterocycles. The van der Waals surface area contributed by atoms with E-state index < -0.39 is 0 Å². The quantitative estimate of drug-likeness (QED) is 0.257. The molecule has 1 heterocycles. The summed E-state index contributed by atoms with van der Waals surface area (Å²) in [5.41, 5.74) is 0. The highest BCUT2D eigenvalue weighted by atomic mass is 27.0. The van der Waals surface area contributed by atoms with Crippen LogP contribution in [0.3, 0.4) is 0 Å². The van der Waals surface area contributed by atoms with Crippen molar-refractivity contribution < 1.29 is 4.74 Å². The van der Waals surface area contributed by atoms with Crippen LogP contribution < -0.4 is 0 Å². The zero-order valence-electron chi connectivity index (χ0n) is 4.42. The van der Waals surface area contributed by atoms with Gasteiger partial charge in [-0.2, -0.15) is 0 Å². The van der Waals surface area contributed by atoms with Crippen molar-refractivity contribution in [3.63, 3.8) is 0 Å². The summed E-state index contributed by atoms with van der Waals surface area (Å²) < 4.78 is 4.91. The number of hydrogen-bond acceptors (Lipinski definition) is 2. The van der Waals surface area contributed by atoms with E-state index in [1.54, 1.807) is 0 Å². The number of hydrogen-bond donors (Lipinski definition) is 0. The first-order valence-electron chi connectivity index (χ1n) is 2.49. The number of nitrogens with zero attached hydrogens (tertiary/aromatic N) is 1. The van der Waals surface area contributed by atoms with Gasteiger partial charge in [0.2, 0.25) is 0 Å². The summed E-state index contributed by atoms with van der Waals surface area (Å²) in [6, 6.07) is 0. The van der Waals surface area contributed by atoms with Crippen molar-refractivity contribution in [3.05, 3.63) is 0 Å². The third-order valence-electron chi connectivity index (χ3n) is 0.894. The Kier molecular flexibility index (Phi) is 1.87. The van der Waals surface area contributed by atoms with Crippen LogP contribution in [0.1, 0.15) is 0 Å². The number of rotatable bonds is 2. The minimum atomic E-state index is 0.477. The van der Waals surface area contributed by atoms with Crippen molar-refractivity contribution in [2.75, 3.05) is 13.2 Å². The van der Waals surface area contributed by atoms with Crippen LogP contribution in [0.4, 0.5) is 0 Å². The molecule has 0 amide bonds. The molecule has 38 valence electrons. The molecule has 0 saturated carbocycles. The fourth-order valence-electron chi connectivity index (χ4n) is 0.396. The highest BCUT2D eigenvalue weighted by Gasteiger charge is 2.20. The Morgan fingerprint density at radius 2 is 2.71 bits per heavy atom. The van der Waals surface area contributed by atoms with E-state index in [1.807, 2.05) is 5.08 Å². The molecule has 2 nitrogen and oxygen atoms in total. The van der Waals surface area contributed by atoms with Gasteiger partial charge in [-0.05, 0) is 0 Å². The molecule has 7 heavy (non-hydrogen) atoms. The second kappa shape index (κ2) is 2.47. The predicted octanol–water partition coefficient (Wildman–Crippen LogP) is -0.953. The first-order valence-corrected chi connectivity index (χ1v) is 3.65. The molecule has 0 aromatic heterocycles. The lowest BCUT2D eigenvalue weighted by Crippen LogP contribution is -1.89. The van der Waals surface area contributed by atoms with E-state index in [0.717, 1.165) is 29.4 Å². The number of epoxide rings is 1. The molecule has 3 heteroatoms. The van der Waals surface area contributed by atoms with Crippen molar-refractivity contribution in [2.45, 2.75) is 6.10 Å². The fourth-order valence-corrected chi connectivity index (χ4v) is 0.607. The minimum absolute atomic E-state index is 0.477. The highest BCUT2D eigenvalue weighted by molar-refractivity contribution is 6.49. The summed E-state index contributed by atoms with van der Waals surface area (Å²) in [4.78, 5) is 4.05. The van der Waals surface area contributed by atoms with E-state index in [2.05, 4.69) is 4.99 Å². The Balaban J connectivity index is 1.98. The third-order valence-corrected chi connectivity index (χ3v) is 1.26. The van der Waals surface area contributed by atoms with Crippen LogP contribution >= 0.6 is 0 Å². The van der Waals surface area contributed by atoms with Crippen molar-refractivity contribution in [3.8, 4) is 0 Å². The molecule has 0 aromatic rings. The van der Waals surface area contributed by atoms with Gasteiger partial charge in [0.25, 0.3) is 16.3 Å². The molecule has 0 radical (unpaired) electrons. The van der Waals surface area contributed by atoms with Crippen LogP contribution in [0.15, 0.2) is 4.99 Å². The van der Waals surface area contributed by atoms with Crippen molar-refractivity contribution in [1.82, 2.24) is 0 Å². The molecule has 0 bridgehead atoms. The molecule has 1 atom stereocenters. The van der Waals surface area contributed by atoms with Gasteiger partial charge in [-0.15, -0.1) is 0 Å². The minimum Gasteiger partial charge on any atom is -0.371 e. The van der Waals surface area contributed by atoms with Gasteiger partial charge < -0.3 is 9.73 Å². The van der Waals surface area contributed by atoms with Crippen LogP contribution in [0.5, 0.6) is 0 Å². The first-order chi connectivity index (χ1) is 3.43. The van der Waals surface area contributed by atoms with E-state index in [9.17, 15) is 0 Å². The molecule has 0 aliphatic carbocycles. The van der Waals surface area contributed by atoms with Gasteiger partial charge in [-0.3, -0.25) is 0 Å². The molecule has 0 unspecified atom stereocenters. The van der Waals surface area contributed by atoms with Crippen LogP contribution in [0.2, 0.25) is 0 Å². The van der Waals surface area contributed by atoms with E-state index in [-0.39, 0.29) is 0 Å². The molecule has 0 N–H and O–H groups in total. The topological polar surface area (TPSA) is 24.9 Å². The van der Waals surface area contributed by atoms with E-state index in [0.29, 0.717) is 6.10 Å². The van der Waals surface area contributed by atoms with Gasteiger partial charge in [-0.1, -0.05) is 5.08 Å². The SMILES string of the molecule is [AlH2][CH]=NC[C@H]1CO1. The molecule has 1 rings (SSSR count). The lowest BCUT2D eigenvalue weighted by atomic mass is 10.5. The Morgan fingerprint density at radius 3 is 3.14 bits per heavy atom. The summed E-state index contributed by atoms with van der Waals surface area (Å²) in [6.07, 6.45) is 0.477. The molecular formula is C4H8AlNO. The van der Waals surface area contributed by atoms with Gasteiger partial charge in [0.15, 0.2) is 0 Å². The summed E-state index contributed by atoms with van der Waals surface area (Å²) in [5, 5.41) is 1.95. The van der Waals surface area contributed by atoms with Gasteiger partial charge in [-0.25, -0.2) is 0 Å². The summed E-state index contributed by atoms with van der Waals surface area (Å²) in [7, 11) is 0. The van der Waals surface area contributed by atoms with Crippen LogP contribution in [-0.4, -0.2) is 40.6 Å². The number of ether oxygens (including phenoxy) is 1. The van der Waals surface area contributed by atoms with E-state index in [1.165, 1.54) is 0 Å². The van der Waals surface area contributed by atoms with Gasteiger partial charge >= 0.3 is 0 Å². The second-order valence-corrected chi connectivity index (χ2v) is 2.10. The molecule has 0 aromatic carbocycles. The van der Waals surface area contributed by atoms with E-state index >= 15 is 0 Å². The zero-order valence-corrected chi connectivity index (χ0v) is 6.42. The average molecular weight is 113 g/mol. The average Bonchev–Trinajstić information content (AvgIpc) is 2.42. The third kappa shape index (κ3) is 2.08. The zero-order chi connectivity index (χ0) is 5.11. The monoisotopic (exact) mass is 113 g/mol. The maximum absolute atomic E-state index is 4.91. The maximum Gasteiger partial charge on any atom is 0.276 e. The molecule has 1 saturated heterocycles. The summed E-state index contributed by atoms with van der Waals surface area (Å²) >= 11 is 1.08. The summed E-state index contributed by atoms with van der Waals surface area (Å²) in [6.45, 7) is 1.82. The Morgan fingerprint density at radius 1 is 2.00 bits per heavy atom. The standard InChI is InChI=1S/C4H6NO.Al.2H/c1-5-2-4-3-6-4;;;/h1,4H,2-3H2;;;/t4-;;;/m0.../s1. The van der Waals surface area contributed by atoms with Crippen LogP contribution in [-0.2, 0) is 4.74 Å². The van der Waals surface area contributed by atoms with Gasteiger partial charge in [0.05, 0.1) is 13.2 Å². The predicted molar refractivity (Wildman–Crippen MR) is 31.6 cm³/mol. The first kappa shape index (κ1) is 5.30. The lowest BCUT2D eigenvalue weighted by molar-refractivity contribution is 0.413. The van der Waals surface area contributed by atoms with Crippen molar-refractivity contribution in [2.24, 2.45) is 4.99 Å². The lowest BCUT2D eigenvalue weighted by Gasteiger charge is -1.78. The highest BCUT2D eigenvalue weighted by Crippen LogP contribution is 2.07. The Labute approximate surface area is 51.0 Å². The maximum atomic E-state index is 4.91. The number of aliphatic imine (C=N–C) groups is 1. The molecule has 0 spiro atoms. The smallest absolute Gasteiger partial charge is 0.276 e. The van der Waals surface area contributed by atoms with Crippen molar-refractivity contribution >= 4 is 21.4 Å². The van der Waals surface area contributed by atoms with Gasteiger partial charge in [0, 0.05) is 0 Å². The Bertz CT molecular complexity index is 79.8. The summed E-state index contributed by atoms with van der Waals surface area (Å²) in [5.74, 6) is 0. The Hall–Kier alpha value is 0.162. The van der Waals surface area contributed by atoms with Crippen LogP contribution in [0, 0.1) is 0 Å². The fraction of sp³-hybridized carbons (Fsp3) is 0.750. The molecule has 1 fully saturated rings. The van der Waals surface area contributed by atoms with Crippen LogP contribution in [0.25, 0.3) is 0 Å². The molecular weight excluding hydrogens is 105 g/mol.